The second-order valence-electron chi connectivity index (χ2n) is 4.87. The molecular formula is C13H13BrN2O3. The molecule has 0 saturated carbocycles. The summed E-state index contributed by atoms with van der Waals surface area (Å²) in [5, 5.41) is 5.08. The van der Waals surface area contributed by atoms with Gasteiger partial charge in [-0.05, 0) is 30.5 Å². The Morgan fingerprint density at radius 3 is 2.74 bits per heavy atom. The molecule has 100 valence electrons. The zero-order chi connectivity index (χ0) is 13.6. The molecule has 1 aliphatic heterocycles. The van der Waals surface area contributed by atoms with Gasteiger partial charge >= 0.3 is 6.03 Å². The van der Waals surface area contributed by atoms with Crippen LogP contribution in [0.5, 0.6) is 5.75 Å². The first-order chi connectivity index (χ1) is 9.05. The fourth-order valence-electron chi connectivity index (χ4n) is 2.86. The van der Waals surface area contributed by atoms with Crippen molar-refractivity contribution in [2.24, 2.45) is 0 Å². The lowest BCUT2D eigenvalue weighted by atomic mass is 9.77. The van der Waals surface area contributed by atoms with Crippen LogP contribution >= 0.6 is 15.9 Å². The third-order valence-corrected chi connectivity index (χ3v) is 4.59. The summed E-state index contributed by atoms with van der Waals surface area (Å²) in [5.74, 6) is 0.511. The standard InChI is InChI=1S/C13H13BrN2O3/c1-19-10-3-2-9(14)7-4-5-13(6-8(7)10)11(17)15-12(18)16-13/h2-3H,4-6H2,1H3,(H2,15,16,17,18). The number of nitrogens with one attached hydrogen (secondary N) is 2. The van der Waals surface area contributed by atoms with Crippen molar-refractivity contribution in [1.82, 2.24) is 10.6 Å². The highest BCUT2D eigenvalue weighted by molar-refractivity contribution is 9.10. The summed E-state index contributed by atoms with van der Waals surface area (Å²) in [6.07, 6.45) is 1.78. The van der Waals surface area contributed by atoms with E-state index in [1.54, 1.807) is 7.11 Å². The second kappa shape index (κ2) is 4.23. The first kappa shape index (κ1) is 12.5. The van der Waals surface area contributed by atoms with Crippen molar-refractivity contribution in [3.63, 3.8) is 0 Å². The quantitative estimate of drug-likeness (QED) is 0.770. The van der Waals surface area contributed by atoms with Crippen molar-refractivity contribution in [2.75, 3.05) is 7.11 Å². The zero-order valence-corrected chi connectivity index (χ0v) is 12.0. The first-order valence-corrected chi connectivity index (χ1v) is 6.83. The summed E-state index contributed by atoms with van der Waals surface area (Å²) >= 11 is 3.53. The highest BCUT2D eigenvalue weighted by atomic mass is 79.9. The molecule has 19 heavy (non-hydrogen) atoms. The number of benzene rings is 1. The summed E-state index contributed by atoms with van der Waals surface area (Å²) in [5.41, 5.74) is 1.32. The van der Waals surface area contributed by atoms with Crippen LogP contribution in [-0.4, -0.2) is 24.6 Å². The number of fused-ring (bicyclic) bond motifs is 1. The van der Waals surface area contributed by atoms with Gasteiger partial charge in [-0.15, -0.1) is 0 Å². The van der Waals surface area contributed by atoms with Crippen molar-refractivity contribution in [1.29, 1.82) is 0 Å². The topological polar surface area (TPSA) is 67.4 Å². The Hall–Kier alpha value is -1.56. The van der Waals surface area contributed by atoms with Gasteiger partial charge in [0.2, 0.25) is 0 Å². The van der Waals surface area contributed by atoms with Crippen molar-refractivity contribution in [2.45, 2.75) is 24.8 Å². The minimum Gasteiger partial charge on any atom is -0.496 e. The number of rotatable bonds is 1. The summed E-state index contributed by atoms with van der Waals surface area (Å²) in [7, 11) is 1.61. The predicted octanol–water partition coefficient (Wildman–Crippen LogP) is 1.52. The maximum absolute atomic E-state index is 12.0. The fourth-order valence-corrected chi connectivity index (χ4v) is 3.43. The van der Waals surface area contributed by atoms with Crippen LogP contribution in [0.4, 0.5) is 4.79 Å². The monoisotopic (exact) mass is 324 g/mol. The van der Waals surface area contributed by atoms with E-state index in [0.29, 0.717) is 12.8 Å². The number of hydrogen-bond donors (Lipinski definition) is 2. The maximum Gasteiger partial charge on any atom is 0.322 e. The van der Waals surface area contributed by atoms with E-state index in [-0.39, 0.29) is 5.91 Å². The molecule has 1 atom stereocenters. The smallest absolute Gasteiger partial charge is 0.322 e. The maximum atomic E-state index is 12.0. The van der Waals surface area contributed by atoms with Gasteiger partial charge in [-0.1, -0.05) is 15.9 Å². The van der Waals surface area contributed by atoms with Gasteiger partial charge in [-0.25, -0.2) is 4.79 Å². The molecule has 1 unspecified atom stereocenters. The number of hydrogen-bond acceptors (Lipinski definition) is 3. The summed E-state index contributed by atoms with van der Waals surface area (Å²) < 4.78 is 6.38. The molecule has 1 spiro atoms. The van der Waals surface area contributed by atoms with E-state index in [4.69, 9.17) is 4.74 Å². The van der Waals surface area contributed by atoms with Crippen LogP contribution in [0.2, 0.25) is 0 Å². The Balaban J connectivity index is 2.06. The molecule has 1 aromatic carbocycles. The number of methoxy groups -OCH3 is 1. The van der Waals surface area contributed by atoms with Gasteiger partial charge in [0.05, 0.1) is 7.11 Å². The lowest BCUT2D eigenvalue weighted by molar-refractivity contribution is -0.124. The Morgan fingerprint density at radius 2 is 2.11 bits per heavy atom. The highest BCUT2D eigenvalue weighted by Gasteiger charge is 2.48. The molecule has 0 bridgehead atoms. The molecule has 0 radical (unpaired) electrons. The van der Waals surface area contributed by atoms with E-state index in [9.17, 15) is 9.59 Å². The number of carbonyl (C=O) groups excluding carboxylic acids is 2. The fraction of sp³-hybridized carbons (Fsp3) is 0.385. The van der Waals surface area contributed by atoms with Crippen LogP contribution in [0.3, 0.4) is 0 Å². The number of ether oxygens (including phenoxy) is 1. The van der Waals surface area contributed by atoms with Gasteiger partial charge in [0.25, 0.3) is 5.91 Å². The van der Waals surface area contributed by atoms with E-state index in [0.717, 1.165) is 27.8 Å². The minimum atomic E-state index is -0.821. The molecule has 0 aromatic heterocycles. The molecule has 6 heteroatoms. The van der Waals surface area contributed by atoms with Gasteiger partial charge in [0.15, 0.2) is 0 Å². The molecule has 2 aliphatic rings. The molecule has 1 saturated heterocycles. The Morgan fingerprint density at radius 1 is 1.32 bits per heavy atom. The van der Waals surface area contributed by atoms with E-state index in [2.05, 4.69) is 26.6 Å². The lowest BCUT2D eigenvalue weighted by Gasteiger charge is -2.33. The summed E-state index contributed by atoms with van der Waals surface area (Å²) in [6.45, 7) is 0. The van der Waals surface area contributed by atoms with Crippen molar-refractivity contribution >= 4 is 27.9 Å². The molecule has 5 nitrogen and oxygen atoms in total. The van der Waals surface area contributed by atoms with E-state index >= 15 is 0 Å². The Labute approximate surface area is 118 Å². The minimum absolute atomic E-state index is 0.245. The second-order valence-corrected chi connectivity index (χ2v) is 5.73. The molecule has 1 fully saturated rings. The number of halogens is 1. The van der Waals surface area contributed by atoms with Gasteiger partial charge < -0.3 is 10.1 Å². The lowest BCUT2D eigenvalue weighted by Crippen LogP contribution is -2.51. The van der Waals surface area contributed by atoms with Crippen LogP contribution in [0.15, 0.2) is 16.6 Å². The normalized spacial score (nSPS) is 24.9. The van der Waals surface area contributed by atoms with Gasteiger partial charge in [-0.3, -0.25) is 10.1 Å². The van der Waals surface area contributed by atoms with Crippen LogP contribution in [0.25, 0.3) is 0 Å². The molecule has 3 amide bonds. The number of imide groups is 1. The SMILES string of the molecule is COc1ccc(Br)c2c1CC1(CC2)NC(=O)NC1=O. The average Bonchev–Trinajstić information content (AvgIpc) is 2.64. The first-order valence-electron chi connectivity index (χ1n) is 6.03. The molecule has 1 aliphatic carbocycles. The summed E-state index contributed by atoms with van der Waals surface area (Å²) in [6, 6.07) is 3.40. The van der Waals surface area contributed by atoms with Crippen LogP contribution < -0.4 is 15.4 Å². The zero-order valence-electron chi connectivity index (χ0n) is 10.4. The van der Waals surface area contributed by atoms with E-state index in [1.807, 2.05) is 12.1 Å². The average molecular weight is 325 g/mol. The van der Waals surface area contributed by atoms with Crippen LogP contribution in [-0.2, 0) is 17.6 Å². The molecule has 1 aromatic rings. The van der Waals surface area contributed by atoms with Crippen LogP contribution in [0, 0.1) is 0 Å². The number of carbonyl (C=O) groups is 2. The van der Waals surface area contributed by atoms with Gasteiger partial charge in [-0.2, -0.15) is 0 Å². The molecule has 2 N–H and O–H groups in total. The van der Waals surface area contributed by atoms with Gasteiger partial charge in [0, 0.05) is 16.5 Å². The number of urea groups is 1. The van der Waals surface area contributed by atoms with Crippen molar-refractivity contribution < 1.29 is 14.3 Å². The van der Waals surface area contributed by atoms with E-state index in [1.165, 1.54) is 0 Å². The van der Waals surface area contributed by atoms with Crippen molar-refractivity contribution in [3.05, 3.63) is 27.7 Å². The molecule has 1 heterocycles. The molecular weight excluding hydrogens is 312 g/mol. The third-order valence-electron chi connectivity index (χ3n) is 3.85. The predicted molar refractivity (Wildman–Crippen MR) is 72.1 cm³/mol. The third kappa shape index (κ3) is 1.82. The summed E-state index contributed by atoms with van der Waals surface area (Å²) in [4.78, 5) is 23.4. The Kier molecular flexibility index (Phi) is 2.78. The van der Waals surface area contributed by atoms with Gasteiger partial charge in [0.1, 0.15) is 11.3 Å². The largest absolute Gasteiger partial charge is 0.496 e. The van der Waals surface area contributed by atoms with Crippen molar-refractivity contribution in [3.8, 4) is 5.75 Å². The Bertz CT molecular complexity index is 587. The van der Waals surface area contributed by atoms with Crippen LogP contribution in [0.1, 0.15) is 17.5 Å². The number of amides is 3. The highest BCUT2D eigenvalue weighted by Crippen LogP contribution is 2.39. The molecule has 3 rings (SSSR count). The van der Waals surface area contributed by atoms with E-state index < -0.39 is 11.6 Å².